The molecule has 94 valence electrons. The predicted molar refractivity (Wildman–Crippen MR) is 72.7 cm³/mol. The second-order valence-electron chi connectivity index (χ2n) is 5.19. The van der Waals surface area contributed by atoms with E-state index in [0.717, 1.165) is 36.3 Å². The molecule has 1 aliphatic rings. The summed E-state index contributed by atoms with van der Waals surface area (Å²) < 4.78 is 0. The predicted octanol–water partition coefficient (Wildman–Crippen LogP) is 4.33. The molecule has 1 N–H and O–H groups in total. The van der Waals surface area contributed by atoms with Crippen molar-refractivity contribution >= 4 is 23.2 Å². The van der Waals surface area contributed by atoms with E-state index in [4.69, 9.17) is 23.2 Å². The van der Waals surface area contributed by atoms with E-state index < -0.39 is 0 Å². The highest BCUT2D eigenvalue weighted by Gasteiger charge is 2.27. The molecule has 1 aliphatic carbocycles. The van der Waals surface area contributed by atoms with Crippen molar-refractivity contribution < 1.29 is 5.11 Å². The normalized spacial score (nSPS) is 29.3. The maximum absolute atomic E-state index is 10.0. The second-order valence-corrected chi connectivity index (χ2v) is 6.03. The molecule has 0 aliphatic heterocycles. The highest BCUT2D eigenvalue weighted by atomic mass is 35.5. The van der Waals surface area contributed by atoms with Gasteiger partial charge in [-0.15, -0.1) is 0 Å². The molecule has 0 amide bonds. The lowest BCUT2D eigenvalue weighted by molar-refractivity contribution is 0.0519. The van der Waals surface area contributed by atoms with E-state index in [1.807, 2.05) is 12.1 Å². The van der Waals surface area contributed by atoms with Gasteiger partial charge in [-0.1, -0.05) is 30.1 Å². The van der Waals surface area contributed by atoms with Crippen molar-refractivity contribution in [3.63, 3.8) is 0 Å². The number of hydrogen-bond acceptors (Lipinski definition) is 1. The third-order valence-corrected chi connectivity index (χ3v) is 4.30. The Bertz CT molecular complexity index is 392. The highest BCUT2D eigenvalue weighted by molar-refractivity contribution is 6.33. The number of aliphatic hydroxyl groups is 1. The average Bonchev–Trinajstić information content (AvgIpc) is 2.28. The van der Waals surface area contributed by atoms with Crippen molar-refractivity contribution in [2.75, 3.05) is 0 Å². The largest absolute Gasteiger partial charge is 0.393 e. The lowest BCUT2D eigenvalue weighted by atomic mass is 9.77. The van der Waals surface area contributed by atoms with E-state index in [9.17, 15) is 5.11 Å². The maximum Gasteiger partial charge on any atom is 0.0571 e. The molecule has 0 aromatic heterocycles. The summed E-state index contributed by atoms with van der Waals surface area (Å²) in [6.45, 7) is 2.25. The van der Waals surface area contributed by atoms with Crippen LogP contribution in [-0.4, -0.2) is 11.2 Å². The Kier molecular flexibility index (Phi) is 4.35. The van der Waals surface area contributed by atoms with Gasteiger partial charge in [-0.2, -0.15) is 0 Å². The summed E-state index contributed by atoms with van der Waals surface area (Å²) in [6.07, 6.45) is 3.74. The molecule has 0 spiro atoms. The van der Waals surface area contributed by atoms with E-state index in [0.29, 0.717) is 16.9 Å². The zero-order valence-corrected chi connectivity index (χ0v) is 11.5. The van der Waals surface area contributed by atoms with E-state index in [-0.39, 0.29) is 6.10 Å². The lowest BCUT2D eigenvalue weighted by Crippen LogP contribution is -2.29. The zero-order valence-electron chi connectivity index (χ0n) is 10.00. The van der Waals surface area contributed by atoms with Crippen LogP contribution in [0.5, 0.6) is 0 Å². The average molecular weight is 273 g/mol. The molecule has 1 aromatic carbocycles. The lowest BCUT2D eigenvalue weighted by Gasteiger charge is -2.31. The molecule has 0 radical (unpaired) electrons. The fourth-order valence-electron chi connectivity index (χ4n) is 2.68. The first-order valence-electron chi connectivity index (χ1n) is 6.18. The van der Waals surface area contributed by atoms with Crippen molar-refractivity contribution in [2.45, 2.75) is 38.7 Å². The summed E-state index contributed by atoms with van der Waals surface area (Å²) >= 11 is 12.1. The molecule has 2 rings (SSSR count). The molecule has 0 saturated heterocycles. The summed E-state index contributed by atoms with van der Waals surface area (Å²) in [5, 5.41) is 11.5. The number of aliphatic hydroxyl groups excluding tert-OH is 1. The van der Waals surface area contributed by atoms with Crippen LogP contribution in [-0.2, 0) is 6.42 Å². The summed E-state index contributed by atoms with van der Waals surface area (Å²) in [5.41, 5.74) is 1.05. The fraction of sp³-hybridized carbons (Fsp3) is 0.571. The highest BCUT2D eigenvalue weighted by Crippen LogP contribution is 2.33. The van der Waals surface area contributed by atoms with Gasteiger partial charge >= 0.3 is 0 Å². The Morgan fingerprint density at radius 2 is 2.06 bits per heavy atom. The van der Waals surface area contributed by atoms with Gasteiger partial charge in [0.2, 0.25) is 0 Å². The Balaban J connectivity index is 2.11. The number of hydrogen-bond donors (Lipinski definition) is 1. The van der Waals surface area contributed by atoms with Crippen LogP contribution in [0.15, 0.2) is 18.2 Å². The number of benzene rings is 1. The topological polar surface area (TPSA) is 20.2 Å². The Morgan fingerprint density at radius 3 is 2.82 bits per heavy atom. The van der Waals surface area contributed by atoms with Gasteiger partial charge in [-0.3, -0.25) is 0 Å². The standard InChI is InChI=1S/C14H18Cl2O/c1-9-2-5-14(17)11(6-9)7-10-8-12(15)3-4-13(10)16/h3-4,8-9,11,14,17H,2,5-7H2,1H3. The van der Waals surface area contributed by atoms with E-state index in [2.05, 4.69) is 6.92 Å². The Hall–Kier alpha value is -0.240. The quantitative estimate of drug-likeness (QED) is 0.850. The van der Waals surface area contributed by atoms with Crippen molar-refractivity contribution in [1.29, 1.82) is 0 Å². The van der Waals surface area contributed by atoms with Gasteiger partial charge in [0.1, 0.15) is 0 Å². The summed E-state index contributed by atoms with van der Waals surface area (Å²) in [7, 11) is 0. The third kappa shape index (κ3) is 3.37. The van der Waals surface area contributed by atoms with E-state index in [1.54, 1.807) is 6.07 Å². The van der Waals surface area contributed by atoms with Crippen LogP contribution in [0.1, 0.15) is 31.7 Å². The minimum absolute atomic E-state index is 0.193. The summed E-state index contributed by atoms with van der Waals surface area (Å²) in [5.74, 6) is 1.01. The molecule has 3 atom stereocenters. The summed E-state index contributed by atoms with van der Waals surface area (Å²) in [4.78, 5) is 0. The van der Waals surface area contributed by atoms with Gasteiger partial charge < -0.3 is 5.11 Å². The fourth-order valence-corrected chi connectivity index (χ4v) is 3.07. The Labute approximate surface area is 113 Å². The van der Waals surface area contributed by atoms with Crippen LogP contribution in [0.25, 0.3) is 0 Å². The monoisotopic (exact) mass is 272 g/mol. The van der Waals surface area contributed by atoms with E-state index in [1.165, 1.54) is 0 Å². The molecule has 3 heteroatoms. The zero-order chi connectivity index (χ0) is 12.4. The molecule has 3 unspecified atom stereocenters. The first-order chi connectivity index (χ1) is 8.06. The maximum atomic E-state index is 10.0. The first-order valence-corrected chi connectivity index (χ1v) is 6.94. The van der Waals surface area contributed by atoms with Gasteiger partial charge in [0.25, 0.3) is 0 Å². The molecular formula is C14H18Cl2O. The van der Waals surface area contributed by atoms with Gasteiger partial charge in [0.05, 0.1) is 6.10 Å². The van der Waals surface area contributed by atoms with Gasteiger partial charge in [0, 0.05) is 10.0 Å². The summed E-state index contributed by atoms with van der Waals surface area (Å²) in [6, 6.07) is 5.54. The molecule has 17 heavy (non-hydrogen) atoms. The van der Waals surface area contributed by atoms with Crippen LogP contribution in [0, 0.1) is 11.8 Å². The smallest absolute Gasteiger partial charge is 0.0571 e. The van der Waals surface area contributed by atoms with Gasteiger partial charge in [-0.25, -0.2) is 0 Å². The second kappa shape index (κ2) is 5.60. The molecular weight excluding hydrogens is 255 g/mol. The number of rotatable bonds is 2. The molecule has 1 fully saturated rings. The van der Waals surface area contributed by atoms with Crippen molar-refractivity contribution in [3.8, 4) is 0 Å². The Morgan fingerprint density at radius 1 is 1.29 bits per heavy atom. The molecule has 1 nitrogen and oxygen atoms in total. The minimum atomic E-state index is -0.193. The van der Waals surface area contributed by atoms with Crippen molar-refractivity contribution in [3.05, 3.63) is 33.8 Å². The first kappa shape index (κ1) is 13.2. The van der Waals surface area contributed by atoms with Crippen molar-refractivity contribution in [1.82, 2.24) is 0 Å². The van der Waals surface area contributed by atoms with Crippen LogP contribution >= 0.6 is 23.2 Å². The van der Waals surface area contributed by atoms with E-state index >= 15 is 0 Å². The van der Waals surface area contributed by atoms with Crippen molar-refractivity contribution in [2.24, 2.45) is 11.8 Å². The third-order valence-electron chi connectivity index (χ3n) is 3.69. The van der Waals surface area contributed by atoms with Crippen LogP contribution in [0.2, 0.25) is 10.0 Å². The number of halogens is 2. The molecule has 1 saturated carbocycles. The van der Waals surface area contributed by atoms with Gasteiger partial charge in [0.15, 0.2) is 0 Å². The molecule has 0 heterocycles. The molecule has 1 aromatic rings. The minimum Gasteiger partial charge on any atom is -0.393 e. The van der Waals surface area contributed by atoms with Crippen LogP contribution in [0.4, 0.5) is 0 Å². The van der Waals surface area contributed by atoms with Crippen LogP contribution in [0.3, 0.4) is 0 Å². The van der Waals surface area contributed by atoms with Crippen LogP contribution < -0.4 is 0 Å². The van der Waals surface area contributed by atoms with Gasteiger partial charge in [-0.05, 0) is 61.3 Å². The SMILES string of the molecule is CC1CCC(O)C(Cc2cc(Cl)ccc2Cl)C1. The molecule has 0 bridgehead atoms.